The molecule has 0 radical (unpaired) electrons. The summed E-state index contributed by atoms with van der Waals surface area (Å²) in [4.78, 5) is 14.2. The minimum atomic E-state index is -4.31. The molecule has 366 valence electrons. The van der Waals surface area contributed by atoms with Gasteiger partial charge in [-0.05, 0) is 100 Å². The summed E-state index contributed by atoms with van der Waals surface area (Å²) in [7, 11) is -33.2. The Kier molecular flexibility index (Phi) is 12.5. The van der Waals surface area contributed by atoms with E-state index in [9.17, 15) is 4.80 Å². The zero-order valence-corrected chi connectivity index (χ0v) is 47.6. The molecule has 4 atom stereocenters. The van der Waals surface area contributed by atoms with Crippen molar-refractivity contribution in [3.8, 4) is 0 Å². The van der Waals surface area contributed by atoms with Crippen LogP contribution in [-0.2, 0) is 45.3 Å². The van der Waals surface area contributed by atoms with Crippen LogP contribution in [-0.4, -0.2) is 75.0 Å². The maximum absolute atomic E-state index is 14.2. The van der Waals surface area contributed by atoms with Crippen molar-refractivity contribution in [2.45, 2.75) is 219 Å². The van der Waals surface area contributed by atoms with Gasteiger partial charge in [0.05, 0.1) is 0 Å². The average molecular weight is 1060 g/mol. The van der Waals surface area contributed by atoms with Crippen LogP contribution in [0.3, 0.4) is 0 Å². The molecule has 67 heavy (non-hydrogen) atoms. The summed E-state index contributed by atoms with van der Waals surface area (Å²) in [6, 6.07) is 21.5. The Morgan fingerprint density at radius 3 is 0.731 bits per heavy atom. The van der Waals surface area contributed by atoms with Gasteiger partial charge in [0, 0.05) is 38.8 Å². The minimum absolute atomic E-state index is 0.00702. The molecule has 0 amide bonds. The Labute approximate surface area is 407 Å². The number of rotatable bonds is 9. The van der Waals surface area contributed by atoms with Crippen molar-refractivity contribution in [2.75, 3.05) is 0 Å². The molecule has 2 aromatic rings. The molecule has 4 saturated heterocycles. The van der Waals surface area contributed by atoms with Crippen molar-refractivity contribution >= 4 is 80.6 Å². The standard InChI is InChI=1S/C47H74O12Si8/c48-61(41-25-7-8-26-41)51-64(44-31-13-14-32-44)53-62(42-27-9-10-28-42)49-60(39-21-3-1-4-22-39,40-23-5-2-6-24-40)50-63(43-29-11-12-30-43)54-65(52-61,45-33-15-16-34-45)58-67(57-64,47-37-19-20-38-47)59-66(55-62,56-63)46-35-17-18-36-46/h1-6,21-24,41-48H,7-20,25-38H2. The lowest BCUT2D eigenvalue weighted by atomic mass is 10.4. The molecule has 4 aliphatic heterocycles. The fourth-order valence-corrected chi connectivity index (χ4v) is 68.0. The lowest BCUT2D eigenvalue weighted by Crippen LogP contribution is -2.89. The molecular weight excluding hydrogens is 981 g/mol. The van der Waals surface area contributed by atoms with Gasteiger partial charge in [0.1, 0.15) is 0 Å². The molecule has 7 aliphatic carbocycles. The Morgan fingerprint density at radius 2 is 0.478 bits per heavy atom. The van der Waals surface area contributed by atoms with Crippen LogP contribution in [0.5, 0.6) is 0 Å². The molecule has 11 aliphatic rings. The van der Waals surface area contributed by atoms with E-state index < -0.39 is 70.2 Å². The zero-order chi connectivity index (χ0) is 44.8. The first-order valence-electron chi connectivity index (χ1n) is 27.3. The first-order valence-corrected chi connectivity index (χ1v) is 41.7. The summed E-state index contributed by atoms with van der Waals surface area (Å²) < 4.78 is 93.6. The molecule has 1 N–H and O–H groups in total. The van der Waals surface area contributed by atoms with Gasteiger partial charge in [0.2, 0.25) is 0 Å². The van der Waals surface area contributed by atoms with E-state index >= 15 is 0 Å². The molecule has 7 saturated carbocycles. The Balaban J connectivity index is 1.17. The molecule has 20 heteroatoms. The topological polar surface area (TPSA) is 122 Å². The number of hydrogen-bond donors (Lipinski definition) is 1. The summed E-state index contributed by atoms with van der Waals surface area (Å²) in [5.41, 5.74) is -0.521. The van der Waals surface area contributed by atoms with Gasteiger partial charge in [0.15, 0.2) is 0 Å². The van der Waals surface area contributed by atoms with Crippen LogP contribution < -0.4 is 10.4 Å². The van der Waals surface area contributed by atoms with Crippen molar-refractivity contribution in [1.82, 2.24) is 0 Å². The largest absolute Gasteiger partial charge is 0.486 e. The summed E-state index contributed by atoms with van der Waals surface area (Å²) in [6.45, 7) is 0. The van der Waals surface area contributed by atoms with E-state index in [1.54, 1.807) is 0 Å². The van der Waals surface area contributed by atoms with Crippen molar-refractivity contribution in [3.05, 3.63) is 60.7 Å². The van der Waals surface area contributed by atoms with E-state index in [0.29, 0.717) is 0 Å². The monoisotopic (exact) mass is 1050 g/mol. The quantitative estimate of drug-likeness (QED) is 0.241. The van der Waals surface area contributed by atoms with Gasteiger partial charge in [-0.1, -0.05) is 151 Å². The molecule has 4 unspecified atom stereocenters. The number of benzene rings is 2. The normalized spacial score (nSPS) is 42.9. The second-order valence-electron chi connectivity index (χ2n) is 22.6. The molecule has 12 nitrogen and oxygen atoms in total. The highest BCUT2D eigenvalue weighted by atomic mass is 28.6. The van der Waals surface area contributed by atoms with Crippen LogP contribution in [0.4, 0.5) is 0 Å². The van der Waals surface area contributed by atoms with Crippen LogP contribution in [0.1, 0.15) is 180 Å². The Bertz CT molecular complexity index is 1940. The van der Waals surface area contributed by atoms with Crippen molar-refractivity contribution < 1.29 is 50.1 Å². The van der Waals surface area contributed by atoms with Gasteiger partial charge < -0.3 is 50.1 Å². The van der Waals surface area contributed by atoms with Gasteiger partial charge in [-0.2, -0.15) is 0 Å². The molecular formula is C47H74O12Si8. The fraction of sp³-hybridized carbons (Fsp3) is 0.745. The third-order valence-corrected chi connectivity index (χ3v) is 56.8. The fourth-order valence-electron chi connectivity index (χ4n) is 15.0. The Hall–Kier alpha value is -0.305. The van der Waals surface area contributed by atoms with Crippen LogP contribution in [0.25, 0.3) is 0 Å². The van der Waals surface area contributed by atoms with Crippen LogP contribution in [0.15, 0.2) is 60.7 Å². The van der Waals surface area contributed by atoms with Gasteiger partial charge in [-0.15, -0.1) is 0 Å². The molecule has 13 rings (SSSR count). The smallest absolute Gasteiger partial charge is 0.390 e. The lowest BCUT2D eigenvalue weighted by Gasteiger charge is -2.64. The molecule has 2 aromatic carbocycles. The van der Waals surface area contributed by atoms with Gasteiger partial charge in [-0.25, -0.2) is 0 Å². The van der Waals surface area contributed by atoms with E-state index in [1.807, 2.05) is 0 Å². The van der Waals surface area contributed by atoms with E-state index in [-0.39, 0.29) is 38.8 Å². The average Bonchev–Trinajstić information content (AvgIpc) is 4.17. The molecule has 0 aromatic heterocycles. The van der Waals surface area contributed by atoms with Gasteiger partial charge in [-0.3, -0.25) is 0 Å². The SMILES string of the molecule is O[Si]1(C2CCCC2)O[Si]2(C3CCCC3)O[Si]3(C4CCCC4)O[Si](c4ccccc4)(c4ccccc4)O[Si]4(C5CCCC5)O[Si](C5CCCC5)(O1)O[Si](C1CCCC1)(O2)O[Si](C1CCCC1)(O3)O4. The van der Waals surface area contributed by atoms with Crippen LogP contribution in [0.2, 0.25) is 38.8 Å². The van der Waals surface area contributed by atoms with E-state index in [4.69, 9.17) is 45.3 Å². The van der Waals surface area contributed by atoms with Crippen molar-refractivity contribution in [2.24, 2.45) is 0 Å². The highest BCUT2D eigenvalue weighted by Gasteiger charge is 2.85. The maximum Gasteiger partial charge on any atom is 0.486 e. The summed E-state index contributed by atoms with van der Waals surface area (Å²) in [5, 5.41) is 1.98. The van der Waals surface area contributed by atoms with Crippen LogP contribution >= 0.6 is 0 Å². The zero-order valence-electron chi connectivity index (χ0n) is 39.6. The molecule has 6 bridgehead atoms. The number of hydrogen-bond acceptors (Lipinski definition) is 12. The first kappa shape index (κ1) is 46.5. The highest BCUT2D eigenvalue weighted by molar-refractivity contribution is 7.07. The minimum Gasteiger partial charge on any atom is -0.390 e. The van der Waals surface area contributed by atoms with E-state index in [2.05, 4.69) is 60.7 Å². The van der Waals surface area contributed by atoms with E-state index in [0.717, 1.165) is 190 Å². The number of fused-ring (bicyclic) bond motifs is 4. The van der Waals surface area contributed by atoms with Crippen LogP contribution in [0, 0.1) is 0 Å². The van der Waals surface area contributed by atoms with Crippen molar-refractivity contribution in [3.63, 3.8) is 0 Å². The van der Waals surface area contributed by atoms with Gasteiger partial charge >= 0.3 is 70.2 Å². The third-order valence-electron chi connectivity index (χ3n) is 18.5. The van der Waals surface area contributed by atoms with E-state index in [1.165, 1.54) is 0 Å². The maximum atomic E-state index is 14.2. The predicted molar refractivity (Wildman–Crippen MR) is 268 cm³/mol. The molecule has 11 fully saturated rings. The van der Waals surface area contributed by atoms with Crippen molar-refractivity contribution in [1.29, 1.82) is 0 Å². The summed E-state index contributed by atoms with van der Waals surface area (Å²) >= 11 is 0. The second-order valence-corrected chi connectivity index (χ2v) is 48.2. The highest BCUT2D eigenvalue weighted by Crippen LogP contribution is 2.64. The third kappa shape index (κ3) is 7.81. The lowest BCUT2D eigenvalue weighted by molar-refractivity contribution is -0.0173. The second kappa shape index (κ2) is 18.0. The summed E-state index contributed by atoms with van der Waals surface area (Å²) in [6.07, 6.45) is 27.2. The first-order chi connectivity index (χ1) is 32.7. The molecule has 4 heterocycles. The Morgan fingerprint density at radius 1 is 0.269 bits per heavy atom. The molecule has 0 spiro atoms. The summed E-state index contributed by atoms with van der Waals surface area (Å²) in [5.74, 6) is 0. The van der Waals surface area contributed by atoms with Gasteiger partial charge in [0.25, 0.3) is 0 Å². The predicted octanol–water partition coefficient (Wildman–Crippen LogP) is 10.7.